The van der Waals surface area contributed by atoms with Crippen LogP contribution >= 0.6 is 15.9 Å². The molecule has 1 aliphatic rings. The Morgan fingerprint density at radius 3 is 2.61 bits per heavy atom. The van der Waals surface area contributed by atoms with Crippen LogP contribution in [0.4, 0.5) is 0 Å². The highest BCUT2D eigenvalue weighted by atomic mass is 79.9. The van der Waals surface area contributed by atoms with Gasteiger partial charge in [0.2, 0.25) is 0 Å². The van der Waals surface area contributed by atoms with Gasteiger partial charge in [0.1, 0.15) is 5.75 Å². The van der Waals surface area contributed by atoms with Gasteiger partial charge in [0.05, 0.1) is 12.7 Å². The summed E-state index contributed by atoms with van der Waals surface area (Å²) in [6.45, 7) is 0. The smallest absolute Gasteiger partial charge is 0.123 e. The summed E-state index contributed by atoms with van der Waals surface area (Å²) in [6, 6.07) is 5.88. The predicted molar refractivity (Wildman–Crippen MR) is 75.8 cm³/mol. The Morgan fingerprint density at radius 2 is 2.11 bits per heavy atom. The molecule has 4 heteroatoms. The molecular formula is C14H20BrNO2. The van der Waals surface area contributed by atoms with Crippen LogP contribution in [0.3, 0.4) is 0 Å². The van der Waals surface area contributed by atoms with E-state index in [-0.39, 0.29) is 11.6 Å². The predicted octanol–water partition coefficient (Wildman–Crippen LogP) is 3.42. The Bertz CT molecular complexity index is 413. The standard InChI is InChI=1S/C14H20BrNO2/c1-17-13-5-4-10(15)8-11(13)12(16)9-14(18-2)6-3-7-14/h4-5,8,12H,3,6-7,9,16H2,1-2H3. The second kappa shape index (κ2) is 5.59. The minimum Gasteiger partial charge on any atom is -0.496 e. The molecule has 0 amide bonds. The van der Waals surface area contributed by atoms with Gasteiger partial charge in [-0.05, 0) is 43.9 Å². The van der Waals surface area contributed by atoms with E-state index in [0.29, 0.717) is 0 Å². The molecule has 1 aromatic rings. The lowest BCUT2D eigenvalue weighted by Crippen LogP contribution is -2.41. The maximum Gasteiger partial charge on any atom is 0.123 e. The zero-order valence-electron chi connectivity index (χ0n) is 10.9. The summed E-state index contributed by atoms with van der Waals surface area (Å²) in [5, 5.41) is 0. The van der Waals surface area contributed by atoms with E-state index in [1.165, 1.54) is 6.42 Å². The van der Waals surface area contributed by atoms with E-state index < -0.39 is 0 Å². The number of benzene rings is 1. The minimum atomic E-state index is -0.0577. The van der Waals surface area contributed by atoms with Gasteiger partial charge in [0.15, 0.2) is 0 Å². The summed E-state index contributed by atoms with van der Waals surface area (Å²) in [5.41, 5.74) is 7.35. The molecule has 2 N–H and O–H groups in total. The van der Waals surface area contributed by atoms with Crippen molar-refractivity contribution in [2.45, 2.75) is 37.3 Å². The molecular weight excluding hydrogens is 294 g/mol. The Hall–Kier alpha value is -0.580. The molecule has 1 atom stereocenters. The topological polar surface area (TPSA) is 44.5 Å². The molecule has 0 radical (unpaired) electrons. The van der Waals surface area contributed by atoms with E-state index in [4.69, 9.17) is 15.2 Å². The van der Waals surface area contributed by atoms with Crippen molar-refractivity contribution in [2.24, 2.45) is 5.73 Å². The SMILES string of the molecule is COc1ccc(Br)cc1C(N)CC1(OC)CCC1. The van der Waals surface area contributed by atoms with Crippen LogP contribution in [0.1, 0.15) is 37.3 Å². The summed E-state index contributed by atoms with van der Waals surface area (Å²) in [4.78, 5) is 0. The largest absolute Gasteiger partial charge is 0.496 e. The molecule has 1 fully saturated rings. The molecule has 18 heavy (non-hydrogen) atoms. The third-order valence-electron chi connectivity index (χ3n) is 3.88. The fourth-order valence-electron chi connectivity index (χ4n) is 2.57. The lowest BCUT2D eigenvalue weighted by molar-refractivity contribution is -0.0817. The highest BCUT2D eigenvalue weighted by molar-refractivity contribution is 9.10. The third-order valence-corrected chi connectivity index (χ3v) is 4.37. The van der Waals surface area contributed by atoms with Crippen molar-refractivity contribution in [3.63, 3.8) is 0 Å². The molecule has 3 nitrogen and oxygen atoms in total. The number of hydrogen-bond acceptors (Lipinski definition) is 3. The average Bonchev–Trinajstić information content (AvgIpc) is 2.33. The van der Waals surface area contributed by atoms with Gasteiger partial charge in [-0.3, -0.25) is 0 Å². The van der Waals surface area contributed by atoms with Crippen LogP contribution in [-0.2, 0) is 4.74 Å². The summed E-state index contributed by atoms with van der Waals surface area (Å²) in [5.74, 6) is 0.844. The number of hydrogen-bond donors (Lipinski definition) is 1. The van der Waals surface area contributed by atoms with Crippen LogP contribution in [0.15, 0.2) is 22.7 Å². The summed E-state index contributed by atoms with van der Waals surface area (Å²) < 4.78 is 12.0. The Balaban J connectivity index is 2.17. The van der Waals surface area contributed by atoms with E-state index in [9.17, 15) is 0 Å². The third kappa shape index (κ3) is 2.71. The first-order valence-corrected chi connectivity index (χ1v) is 7.04. The van der Waals surface area contributed by atoms with Crippen molar-refractivity contribution in [3.8, 4) is 5.75 Å². The van der Waals surface area contributed by atoms with E-state index in [0.717, 1.165) is 35.0 Å². The van der Waals surface area contributed by atoms with Gasteiger partial charge in [-0.25, -0.2) is 0 Å². The Kier molecular flexibility index (Phi) is 4.30. The fourth-order valence-corrected chi connectivity index (χ4v) is 2.95. The molecule has 2 rings (SSSR count). The number of halogens is 1. The zero-order chi connectivity index (χ0) is 13.2. The van der Waals surface area contributed by atoms with Gasteiger partial charge in [-0.2, -0.15) is 0 Å². The van der Waals surface area contributed by atoms with Gasteiger partial charge in [0, 0.05) is 23.2 Å². The quantitative estimate of drug-likeness (QED) is 0.906. The molecule has 1 saturated carbocycles. The van der Waals surface area contributed by atoms with Crippen molar-refractivity contribution >= 4 is 15.9 Å². The van der Waals surface area contributed by atoms with Crippen LogP contribution < -0.4 is 10.5 Å². The minimum absolute atomic E-state index is 0.0211. The van der Waals surface area contributed by atoms with Crippen molar-refractivity contribution < 1.29 is 9.47 Å². The fraction of sp³-hybridized carbons (Fsp3) is 0.571. The van der Waals surface area contributed by atoms with Crippen molar-refractivity contribution in [1.29, 1.82) is 0 Å². The van der Waals surface area contributed by atoms with Crippen LogP contribution in [0.25, 0.3) is 0 Å². The molecule has 0 saturated heterocycles. The lowest BCUT2D eigenvalue weighted by atomic mass is 9.75. The Morgan fingerprint density at radius 1 is 1.39 bits per heavy atom. The number of methoxy groups -OCH3 is 2. The van der Waals surface area contributed by atoms with Gasteiger partial charge in [-0.1, -0.05) is 15.9 Å². The molecule has 0 spiro atoms. The Labute approximate surface area is 117 Å². The molecule has 1 aromatic carbocycles. The molecule has 100 valence electrons. The highest BCUT2D eigenvalue weighted by Gasteiger charge is 2.39. The maximum absolute atomic E-state index is 6.33. The van der Waals surface area contributed by atoms with Crippen LogP contribution in [0.2, 0.25) is 0 Å². The van der Waals surface area contributed by atoms with Gasteiger partial charge >= 0.3 is 0 Å². The molecule has 0 aromatic heterocycles. The molecule has 0 bridgehead atoms. The first-order valence-electron chi connectivity index (χ1n) is 6.24. The monoisotopic (exact) mass is 313 g/mol. The first-order chi connectivity index (χ1) is 8.60. The highest BCUT2D eigenvalue weighted by Crippen LogP contribution is 2.42. The number of ether oxygens (including phenoxy) is 2. The molecule has 0 heterocycles. The van der Waals surface area contributed by atoms with Crippen LogP contribution in [-0.4, -0.2) is 19.8 Å². The normalized spacial score (nSPS) is 19.1. The molecule has 1 unspecified atom stereocenters. The van der Waals surface area contributed by atoms with Gasteiger partial charge in [0.25, 0.3) is 0 Å². The number of rotatable bonds is 5. The second-order valence-electron chi connectivity index (χ2n) is 4.94. The van der Waals surface area contributed by atoms with Gasteiger partial charge in [-0.15, -0.1) is 0 Å². The van der Waals surface area contributed by atoms with E-state index in [1.54, 1.807) is 14.2 Å². The maximum atomic E-state index is 6.33. The number of nitrogens with two attached hydrogens (primary N) is 1. The summed E-state index contributed by atoms with van der Waals surface area (Å²) in [6.07, 6.45) is 4.29. The average molecular weight is 314 g/mol. The first kappa shape index (κ1) is 13.8. The summed E-state index contributed by atoms with van der Waals surface area (Å²) >= 11 is 3.48. The van der Waals surface area contributed by atoms with E-state index >= 15 is 0 Å². The molecule has 1 aliphatic carbocycles. The van der Waals surface area contributed by atoms with Crippen LogP contribution in [0.5, 0.6) is 5.75 Å². The van der Waals surface area contributed by atoms with Crippen molar-refractivity contribution in [2.75, 3.05) is 14.2 Å². The van der Waals surface area contributed by atoms with Crippen molar-refractivity contribution in [3.05, 3.63) is 28.2 Å². The van der Waals surface area contributed by atoms with E-state index in [2.05, 4.69) is 15.9 Å². The van der Waals surface area contributed by atoms with E-state index in [1.807, 2.05) is 18.2 Å². The summed E-state index contributed by atoms with van der Waals surface area (Å²) in [7, 11) is 3.46. The van der Waals surface area contributed by atoms with Crippen LogP contribution in [0, 0.1) is 0 Å². The van der Waals surface area contributed by atoms with Crippen molar-refractivity contribution in [1.82, 2.24) is 0 Å². The van der Waals surface area contributed by atoms with Gasteiger partial charge < -0.3 is 15.2 Å². The molecule has 0 aliphatic heterocycles. The zero-order valence-corrected chi connectivity index (χ0v) is 12.5. The second-order valence-corrected chi connectivity index (χ2v) is 5.85. The lowest BCUT2D eigenvalue weighted by Gasteiger charge is -2.42.